The van der Waals surface area contributed by atoms with Crippen molar-refractivity contribution in [3.8, 4) is 5.75 Å². The van der Waals surface area contributed by atoms with Gasteiger partial charge < -0.3 is 15.0 Å². The fourth-order valence-corrected chi connectivity index (χ4v) is 3.69. The molecule has 1 heterocycles. The predicted octanol–water partition coefficient (Wildman–Crippen LogP) is 4.21. The highest BCUT2D eigenvalue weighted by atomic mass is 16.5. The topological polar surface area (TPSA) is 37.0 Å². The number of hydrogen-bond donors (Lipinski definition) is 2. The van der Waals surface area contributed by atoms with Gasteiger partial charge in [-0.05, 0) is 55.1 Å². The smallest absolute Gasteiger partial charge is 0.120 e. The van der Waals surface area contributed by atoms with E-state index in [2.05, 4.69) is 47.6 Å². The molecular formula is C21H24N2O. The molecule has 0 spiro atoms. The van der Waals surface area contributed by atoms with E-state index in [1.165, 1.54) is 34.1 Å². The zero-order chi connectivity index (χ0) is 16.4. The molecule has 4 rings (SSSR count). The molecule has 0 fully saturated rings. The average molecular weight is 320 g/mol. The number of fused-ring (bicyclic) bond motifs is 3. The zero-order valence-electron chi connectivity index (χ0n) is 14.1. The Morgan fingerprint density at radius 3 is 2.88 bits per heavy atom. The van der Waals surface area contributed by atoms with Crippen molar-refractivity contribution in [3.05, 3.63) is 65.4 Å². The summed E-state index contributed by atoms with van der Waals surface area (Å²) in [6.45, 7) is 3.83. The van der Waals surface area contributed by atoms with Gasteiger partial charge in [0.05, 0.1) is 0 Å². The second-order valence-corrected chi connectivity index (χ2v) is 6.56. The number of ether oxygens (including phenoxy) is 1. The maximum absolute atomic E-state index is 6.01. The van der Waals surface area contributed by atoms with E-state index in [4.69, 9.17) is 4.74 Å². The van der Waals surface area contributed by atoms with Crippen LogP contribution in [-0.2, 0) is 19.4 Å². The van der Waals surface area contributed by atoms with Crippen molar-refractivity contribution in [1.82, 2.24) is 10.3 Å². The number of aromatic nitrogens is 1. The maximum Gasteiger partial charge on any atom is 0.120 e. The molecule has 0 aliphatic heterocycles. The monoisotopic (exact) mass is 320 g/mol. The molecule has 3 nitrogen and oxygen atoms in total. The van der Waals surface area contributed by atoms with Crippen molar-refractivity contribution < 1.29 is 4.74 Å². The van der Waals surface area contributed by atoms with Crippen LogP contribution < -0.4 is 10.1 Å². The Balaban J connectivity index is 1.57. The van der Waals surface area contributed by atoms with Gasteiger partial charge in [-0.1, -0.05) is 37.3 Å². The van der Waals surface area contributed by atoms with Crippen molar-refractivity contribution in [2.75, 3.05) is 6.54 Å². The van der Waals surface area contributed by atoms with Crippen LogP contribution in [0.15, 0.2) is 48.5 Å². The van der Waals surface area contributed by atoms with Gasteiger partial charge in [-0.25, -0.2) is 0 Å². The summed E-state index contributed by atoms with van der Waals surface area (Å²) in [5.74, 6) is 0.943. The van der Waals surface area contributed by atoms with Crippen LogP contribution in [0.5, 0.6) is 5.75 Å². The van der Waals surface area contributed by atoms with Crippen LogP contribution in [0.4, 0.5) is 0 Å². The Morgan fingerprint density at radius 2 is 2.04 bits per heavy atom. The molecule has 3 aromatic rings. The van der Waals surface area contributed by atoms with Gasteiger partial charge in [-0.2, -0.15) is 0 Å². The highest BCUT2D eigenvalue weighted by Crippen LogP contribution is 2.31. The Hall–Kier alpha value is -2.26. The fourth-order valence-electron chi connectivity index (χ4n) is 3.69. The molecule has 0 bridgehead atoms. The molecule has 2 aromatic carbocycles. The minimum absolute atomic E-state index is 0.593. The van der Waals surface area contributed by atoms with Crippen molar-refractivity contribution in [1.29, 1.82) is 0 Å². The van der Waals surface area contributed by atoms with Gasteiger partial charge in [0.15, 0.2) is 0 Å². The molecule has 1 atom stereocenters. The molecule has 124 valence electrons. The number of aryl methyl sites for hydroxylation is 1. The third kappa shape index (κ3) is 3.04. The normalized spacial score (nSPS) is 17.0. The number of likely N-dealkylation sites (N-methyl/N-ethyl adjacent to an activating group) is 1. The van der Waals surface area contributed by atoms with Crippen molar-refractivity contribution >= 4 is 10.9 Å². The van der Waals surface area contributed by atoms with Crippen LogP contribution in [0.1, 0.15) is 30.2 Å². The fraction of sp³-hybridized carbons (Fsp3) is 0.333. The van der Waals surface area contributed by atoms with E-state index in [0.717, 1.165) is 25.1 Å². The SMILES string of the molecule is CCNC1CCc2[nH]c3ccc(OCc4ccccc4)cc3c2C1. The standard InChI is InChI=1S/C21H24N2O/c1-2-22-16-8-10-20-18(12-16)19-13-17(9-11-21(19)23-20)24-14-15-6-4-3-5-7-15/h3-7,9,11,13,16,22-23H,2,8,10,12,14H2,1H3. The van der Waals surface area contributed by atoms with Gasteiger partial charge in [-0.3, -0.25) is 0 Å². The summed E-state index contributed by atoms with van der Waals surface area (Å²) >= 11 is 0. The molecular weight excluding hydrogens is 296 g/mol. The zero-order valence-corrected chi connectivity index (χ0v) is 14.1. The molecule has 1 unspecified atom stereocenters. The minimum Gasteiger partial charge on any atom is -0.489 e. The summed E-state index contributed by atoms with van der Waals surface area (Å²) in [5.41, 5.74) is 5.29. The molecule has 0 saturated carbocycles. The summed E-state index contributed by atoms with van der Waals surface area (Å²) in [7, 11) is 0. The second kappa shape index (κ2) is 6.70. The Labute approximate surface area is 143 Å². The van der Waals surface area contributed by atoms with Crippen LogP contribution >= 0.6 is 0 Å². The van der Waals surface area contributed by atoms with Gasteiger partial charge in [0.2, 0.25) is 0 Å². The van der Waals surface area contributed by atoms with Crippen molar-refractivity contribution in [2.24, 2.45) is 0 Å². The van der Waals surface area contributed by atoms with Gasteiger partial charge in [0.25, 0.3) is 0 Å². The first-order valence-electron chi connectivity index (χ1n) is 8.87. The van der Waals surface area contributed by atoms with Gasteiger partial charge >= 0.3 is 0 Å². The first-order chi connectivity index (χ1) is 11.8. The van der Waals surface area contributed by atoms with Gasteiger partial charge in [0, 0.05) is 22.6 Å². The van der Waals surface area contributed by atoms with Crippen molar-refractivity contribution in [3.63, 3.8) is 0 Å². The number of rotatable bonds is 5. The van der Waals surface area contributed by atoms with E-state index in [0.29, 0.717) is 12.6 Å². The van der Waals surface area contributed by atoms with E-state index < -0.39 is 0 Å². The first-order valence-corrected chi connectivity index (χ1v) is 8.87. The van der Waals surface area contributed by atoms with Crippen LogP contribution in [0.25, 0.3) is 10.9 Å². The lowest BCUT2D eigenvalue weighted by molar-refractivity contribution is 0.306. The number of aromatic amines is 1. The lowest BCUT2D eigenvalue weighted by Crippen LogP contribution is -2.34. The van der Waals surface area contributed by atoms with E-state index in [-0.39, 0.29) is 0 Å². The maximum atomic E-state index is 6.01. The molecule has 0 saturated heterocycles. The van der Waals surface area contributed by atoms with E-state index in [1.54, 1.807) is 0 Å². The summed E-state index contributed by atoms with van der Waals surface area (Å²) in [6, 6.07) is 17.3. The number of H-pyrrole nitrogens is 1. The lowest BCUT2D eigenvalue weighted by Gasteiger charge is -2.23. The Kier molecular flexibility index (Phi) is 4.26. The molecule has 24 heavy (non-hydrogen) atoms. The molecule has 1 aromatic heterocycles. The number of benzene rings is 2. The van der Waals surface area contributed by atoms with Crippen molar-refractivity contribution in [2.45, 2.75) is 38.8 Å². The highest BCUT2D eigenvalue weighted by molar-refractivity contribution is 5.86. The number of nitrogens with one attached hydrogen (secondary N) is 2. The van der Waals surface area contributed by atoms with Gasteiger partial charge in [0.1, 0.15) is 12.4 Å². The highest BCUT2D eigenvalue weighted by Gasteiger charge is 2.22. The first kappa shape index (κ1) is 15.3. The lowest BCUT2D eigenvalue weighted by atomic mass is 9.91. The van der Waals surface area contributed by atoms with E-state index in [9.17, 15) is 0 Å². The number of hydrogen-bond acceptors (Lipinski definition) is 2. The quantitative estimate of drug-likeness (QED) is 0.739. The Morgan fingerprint density at radius 1 is 1.17 bits per heavy atom. The van der Waals surface area contributed by atoms with Crippen LogP contribution in [0.2, 0.25) is 0 Å². The summed E-state index contributed by atoms with van der Waals surface area (Å²) in [4.78, 5) is 3.60. The third-order valence-corrected chi connectivity index (χ3v) is 4.90. The molecule has 0 radical (unpaired) electrons. The molecule has 3 heteroatoms. The largest absolute Gasteiger partial charge is 0.489 e. The summed E-state index contributed by atoms with van der Waals surface area (Å²) in [6.07, 6.45) is 3.44. The van der Waals surface area contributed by atoms with Crippen LogP contribution in [0.3, 0.4) is 0 Å². The average Bonchev–Trinajstić information content (AvgIpc) is 2.98. The molecule has 1 aliphatic rings. The molecule has 0 amide bonds. The molecule has 1 aliphatic carbocycles. The minimum atomic E-state index is 0.593. The van der Waals surface area contributed by atoms with Crippen LogP contribution in [0, 0.1) is 0 Å². The summed E-state index contributed by atoms with van der Waals surface area (Å²) < 4.78 is 6.01. The van der Waals surface area contributed by atoms with E-state index >= 15 is 0 Å². The van der Waals surface area contributed by atoms with E-state index in [1.807, 2.05) is 18.2 Å². The summed E-state index contributed by atoms with van der Waals surface area (Å²) in [5, 5.41) is 4.91. The second-order valence-electron chi connectivity index (χ2n) is 6.56. The Bertz CT molecular complexity index is 822. The molecule has 2 N–H and O–H groups in total. The third-order valence-electron chi connectivity index (χ3n) is 4.90. The van der Waals surface area contributed by atoms with Crippen LogP contribution in [-0.4, -0.2) is 17.6 Å². The predicted molar refractivity (Wildman–Crippen MR) is 98.6 cm³/mol. The van der Waals surface area contributed by atoms with Gasteiger partial charge in [-0.15, -0.1) is 0 Å².